The second kappa shape index (κ2) is 3.67. The van der Waals surface area contributed by atoms with E-state index in [-0.39, 0.29) is 0 Å². The fourth-order valence-electron chi connectivity index (χ4n) is 1.39. The van der Waals surface area contributed by atoms with Crippen molar-refractivity contribution in [1.82, 2.24) is 0 Å². The number of halogens is 1. The van der Waals surface area contributed by atoms with Gasteiger partial charge in [0.15, 0.2) is 0 Å². The van der Waals surface area contributed by atoms with Crippen molar-refractivity contribution in [3.05, 3.63) is 22.5 Å². The molecule has 0 bridgehead atoms. The van der Waals surface area contributed by atoms with Crippen molar-refractivity contribution in [3.8, 4) is 11.5 Å². The van der Waals surface area contributed by atoms with Gasteiger partial charge in [-0.1, -0.05) is 11.6 Å². The molecule has 0 aliphatic rings. The van der Waals surface area contributed by atoms with Gasteiger partial charge in [0.25, 0.3) is 0 Å². The van der Waals surface area contributed by atoms with Crippen LogP contribution in [0.4, 0.5) is 0 Å². The molecule has 0 amide bonds. The van der Waals surface area contributed by atoms with Crippen LogP contribution in [-0.4, -0.2) is 14.2 Å². The normalized spacial score (nSPS) is 10.5. The summed E-state index contributed by atoms with van der Waals surface area (Å²) in [6, 6.07) is 3.74. The van der Waals surface area contributed by atoms with Gasteiger partial charge in [-0.15, -0.1) is 11.3 Å². The maximum absolute atomic E-state index is 6.06. The van der Waals surface area contributed by atoms with Gasteiger partial charge in [-0.2, -0.15) is 0 Å². The quantitative estimate of drug-likeness (QED) is 0.783. The van der Waals surface area contributed by atoms with E-state index >= 15 is 0 Å². The van der Waals surface area contributed by atoms with Crippen LogP contribution in [0.25, 0.3) is 10.1 Å². The second-order valence-electron chi connectivity index (χ2n) is 2.76. The fraction of sp³-hybridized carbons (Fsp3) is 0.200. The Kier molecular flexibility index (Phi) is 2.52. The van der Waals surface area contributed by atoms with Gasteiger partial charge in [0.2, 0.25) is 0 Å². The van der Waals surface area contributed by atoms with Crippen molar-refractivity contribution >= 4 is 33.0 Å². The van der Waals surface area contributed by atoms with Gasteiger partial charge < -0.3 is 9.47 Å². The van der Waals surface area contributed by atoms with E-state index in [0.29, 0.717) is 5.02 Å². The van der Waals surface area contributed by atoms with Gasteiger partial charge in [-0.25, -0.2) is 0 Å². The summed E-state index contributed by atoms with van der Waals surface area (Å²) in [7, 11) is 3.28. The number of thiophene rings is 1. The van der Waals surface area contributed by atoms with E-state index < -0.39 is 0 Å². The first-order chi connectivity index (χ1) is 6.77. The molecule has 1 aromatic carbocycles. The van der Waals surface area contributed by atoms with E-state index in [4.69, 9.17) is 21.1 Å². The number of methoxy groups -OCH3 is 2. The molecule has 1 heterocycles. The molecule has 0 aliphatic heterocycles. The van der Waals surface area contributed by atoms with Crippen molar-refractivity contribution in [2.24, 2.45) is 0 Å². The van der Waals surface area contributed by atoms with Crippen molar-refractivity contribution in [3.63, 3.8) is 0 Å². The van der Waals surface area contributed by atoms with Crippen LogP contribution in [0.1, 0.15) is 0 Å². The van der Waals surface area contributed by atoms with Gasteiger partial charge in [0.05, 0.1) is 29.3 Å². The number of hydrogen-bond donors (Lipinski definition) is 0. The molecule has 4 heteroatoms. The highest BCUT2D eigenvalue weighted by Crippen LogP contribution is 2.41. The molecule has 2 rings (SSSR count). The Labute approximate surface area is 91.0 Å². The highest BCUT2D eigenvalue weighted by atomic mass is 35.5. The molecule has 74 valence electrons. The molecule has 0 atom stereocenters. The number of ether oxygens (including phenoxy) is 2. The summed E-state index contributed by atoms with van der Waals surface area (Å²) in [5.41, 5.74) is 0. The van der Waals surface area contributed by atoms with Crippen molar-refractivity contribution < 1.29 is 9.47 Å². The number of fused-ring (bicyclic) bond motifs is 1. The number of hydrogen-bond acceptors (Lipinski definition) is 3. The standard InChI is InChI=1S/C10H9ClO2S/c1-12-7-3-4-8(13-2)10-9(7)6(11)5-14-10/h3-5H,1-2H3. The Bertz CT molecular complexity index is 464. The minimum Gasteiger partial charge on any atom is -0.496 e. The van der Waals surface area contributed by atoms with Crippen LogP contribution in [0.2, 0.25) is 5.02 Å². The average Bonchev–Trinajstić information content (AvgIpc) is 2.60. The largest absolute Gasteiger partial charge is 0.496 e. The van der Waals surface area contributed by atoms with Crippen LogP contribution in [0.3, 0.4) is 0 Å². The van der Waals surface area contributed by atoms with Crippen molar-refractivity contribution in [1.29, 1.82) is 0 Å². The maximum atomic E-state index is 6.06. The molecular formula is C10H9ClO2S. The predicted octanol–water partition coefficient (Wildman–Crippen LogP) is 3.57. The van der Waals surface area contributed by atoms with Crippen LogP contribution in [0.15, 0.2) is 17.5 Å². The van der Waals surface area contributed by atoms with Crippen molar-refractivity contribution in [2.75, 3.05) is 14.2 Å². The fourth-order valence-corrected chi connectivity index (χ4v) is 2.70. The van der Waals surface area contributed by atoms with Crippen molar-refractivity contribution in [2.45, 2.75) is 0 Å². The predicted molar refractivity (Wildman–Crippen MR) is 59.9 cm³/mol. The Morgan fingerprint density at radius 1 is 1.14 bits per heavy atom. The summed E-state index contributed by atoms with van der Waals surface area (Å²) >= 11 is 7.62. The Morgan fingerprint density at radius 3 is 2.43 bits per heavy atom. The van der Waals surface area contributed by atoms with E-state index in [1.807, 2.05) is 17.5 Å². The molecule has 0 saturated heterocycles. The summed E-state index contributed by atoms with van der Waals surface area (Å²) in [5.74, 6) is 1.62. The first kappa shape index (κ1) is 9.62. The lowest BCUT2D eigenvalue weighted by molar-refractivity contribution is 0.411. The molecule has 0 unspecified atom stereocenters. The zero-order valence-corrected chi connectivity index (χ0v) is 9.41. The van der Waals surface area contributed by atoms with E-state index in [2.05, 4.69) is 0 Å². The minimum absolute atomic E-state index is 0.709. The number of rotatable bonds is 2. The third kappa shape index (κ3) is 1.33. The van der Waals surface area contributed by atoms with Gasteiger partial charge in [-0.3, -0.25) is 0 Å². The molecule has 0 aliphatic carbocycles. The van der Waals surface area contributed by atoms with Crippen LogP contribution in [-0.2, 0) is 0 Å². The minimum atomic E-state index is 0.709. The van der Waals surface area contributed by atoms with Gasteiger partial charge >= 0.3 is 0 Å². The Morgan fingerprint density at radius 2 is 1.79 bits per heavy atom. The molecule has 2 nitrogen and oxygen atoms in total. The Balaban J connectivity index is 2.81. The molecular weight excluding hydrogens is 220 g/mol. The second-order valence-corrected chi connectivity index (χ2v) is 4.04. The molecule has 2 aromatic rings. The lowest BCUT2D eigenvalue weighted by Crippen LogP contribution is -1.86. The van der Waals surface area contributed by atoms with E-state index in [1.54, 1.807) is 25.6 Å². The lowest BCUT2D eigenvalue weighted by atomic mass is 10.2. The molecule has 14 heavy (non-hydrogen) atoms. The molecule has 0 fully saturated rings. The number of benzene rings is 1. The van der Waals surface area contributed by atoms with Gasteiger partial charge in [0.1, 0.15) is 11.5 Å². The third-order valence-corrected chi connectivity index (χ3v) is 3.46. The summed E-state index contributed by atoms with van der Waals surface area (Å²) in [5, 5.41) is 3.52. The SMILES string of the molecule is COc1ccc(OC)c2c(Cl)csc12. The first-order valence-electron chi connectivity index (χ1n) is 4.05. The van der Waals surface area contributed by atoms with E-state index in [0.717, 1.165) is 21.6 Å². The van der Waals surface area contributed by atoms with Gasteiger partial charge in [-0.05, 0) is 12.1 Å². The molecule has 1 aromatic heterocycles. The van der Waals surface area contributed by atoms with Crippen LogP contribution in [0, 0.1) is 0 Å². The molecule has 0 radical (unpaired) electrons. The van der Waals surface area contributed by atoms with Crippen LogP contribution >= 0.6 is 22.9 Å². The summed E-state index contributed by atoms with van der Waals surface area (Å²) in [6.07, 6.45) is 0. The molecule has 0 saturated carbocycles. The summed E-state index contributed by atoms with van der Waals surface area (Å²) in [6.45, 7) is 0. The third-order valence-electron chi connectivity index (χ3n) is 2.04. The maximum Gasteiger partial charge on any atom is 0.136 e. The average molecular weight is 229 g/mol. The zero-order valence-electron chi connectivity index (χ0n) is 7.83. The highest BCUT2D eigenvalue weighted by Gasteiger charge is 2.12. The smallest absolute Gasteiger partial charge is 0.136 e. The zero-order chi connectivity index (χ0) is 10.1. The van der Waals surface area contributed by atoms with E-state index in [1.165, 1.54) is 0 Å². The summed E-state index contributed by atoms with van der Waals surface area (Å²) in [4.78, 5) is 0. The van der Waals surface area contributed by atoms with Crippen LogP contribution < -0.4 is 9.47 Å². The van der Waals surface area contributed by atoms with E-state index in [9.17, 15) is 0 Å². The topological polar surface area (TPSA) is 18.5 Å². The first-order valence-corrected chi connectivity index (χ1v) is 5.31. The van der Waals surface area contributed by atoms with Gasteiger partial charge in [0, 0.05) is 5.38 Å². The highest BCUT2D eigenvalue weighted by molar-refractivity contribution is 7.18. The molecule has 0 N–H and O–H groups in total. The Hall–Kier alpha value is -0.930. The summed E-state index contributed by atoms with van der Waals surface area (Å²) < 4.78 is 11.5. The molecule has 0 spiro atoms. The van der Waals surface area contributed by atoms with Crippen LogP contribution in [0.5, 0.6) is 11.5 Å². The lowest BCUT2D eigenvalue weighted by Gasteiger charge is -2.05. The monoisotopic (exact) mass is 228 g/mol.